The van der Waals surface area contributed by atoms with E-state index in [0.29, 0.717) is 0 Å². The first-order valence-corrected chi connectivity index (χ1v) is 9.10. The van der Waals surface area contributed by atoms with Crippen LogP contribution in [0.3, 0.4) is 0 Å². The Morgan fingerprint density at radius 1 is 1.08 bits per heavy atom. The quantitative estimate of drug-likeness (QED) is 0.548. The molecule has 1 saturated heterocycles. The first-order chi connectivity index (χ1) is 12.7. The van der Waals surface area contributed by atoms with Crippen molar-refractivity contribution in [1.82, 2.24) is 34.3 Å². The van der Waals surface area contributed by atoms with Gasteiger partial charge in [0, 0.05) is 45.0 Å². The summed E-state index contributed by atoms with van der Waals surface area (Å²) in [6, 6.07) is 2.04. The molecule has 0 bridgehead atoms. The minimum Gasteiger partial charge on any atom is -0.353 e. The SMILES string of the molecule is CCn1ncc2c1ncc1c(N3CCN(C)CC3)nc3cc(C)nn3c12. The number of pyridine rings is 1. The number of fused-ring (bicyclic) bond motifs is 5. The van der Waals surface area contributed by atoms with Gasteiger partial charge in [-0.1, -0.05) is 0 Å². The van der Waals surface area contributed by atoms with Crippen molar-refractivity contribution in [1.29, 1.82) is 0 Å². The molecule has 1 aliphatic rings. The fraction of sp³-hybridized carbons (Fsp3) is 0.444. The smallest absolute Gasteiger partial charge is 0.159 e. The lowest BCUT2D eigenvalue weighted by atomic mass is 10.2. The van der Waals surface area contributed by atoms with E-state index < -0.39 is 0 Å². The molecule has 0 spiro atoms. The number of aromatic nitrogens is 6. The van der Waals surface area contributed by atoms with Gasteiger partial charge >= 0.3 is 0 Å². The van der Waals surface area contributed by atoms with E-state index in [4.69, 9.17) is 9.97 Å². The molecule has 1 aliphatic heterocycles. The zero-order chi connectivity index (χ0) is 17.8. The van der Waals surface area contributed by atoms with Crippen LogP contribution in [-0.4, -0.2) is 67.5 Å². The zero-order valence-electron chi connectivity index (χ0n) is 15.3. The molecule has 0 atom stereocenters. The van der Waals surface area contributed by atoms with Gasteiger partial charge in [-0.05, 0) is 20.9 Å². The molecule has 134 valence electrons. The van der Waals surface area contributed by atoms with E-state index in [9.17, 15) is 0 Å². The number of anilines is 1. The first-order valence-electron chi connectivity index (χ1n) is 9.10. The molecule has 0 aliphatic carbocycles. The highest BCUT2D eigenvalue weighted by molar-refractivity contribution is 6.06. The van der Waals surface area contributed by atoms with Crippen LogP contribution in [0.15, 0.2) is 18.5 Å². The molecule has 26 heavy (non-hydrogen) atoms. The highest BCUT2D eigenvalue weighted by atomic mass is 15.3. The molecule has 0 N–H and O–H groups in total. The molecule has 5 rings (SSSR count). The second-order valence-corrected chi connectivity index (χ2v) is 7.00. The minimum atomic E-state index is 0.791. The van der Waals surface area contributed by atoms with Crippen LogP contribution in [0, 0.1) is 6.92 Å². The van der Waals surface area contributed by atoms with Gasteiger partial charge in [0.2, 0.25) is 0 Å². The van der Waals surface area contributed by atoms with E-state index in [1.807, 2.05) is 34.6 Å². The van der Waals surface area contributed by atoms with Crippen molar-refractivity contribution in [3.8, 4) is 0 Å². The second-order valence-electron chi connectivity index (χ2n) is 7.00. The summed E-state index contributed by atoms with van der Waals surface area (Å²) < 4.78 is 3.86. The Labute approximate surface area is 151 Å². The summed E-state index contributed by atoms with van der Waals surface area (Å²) in [4.78, 5) is 14.4. The largest absolute Gasteiger partial charge is 0.353 e. The predicted octanol–water partition coefficient (Wildman–Crippen LogP) is 1.71. The molecule has 1 fully saturated rings. The van der Waals surface area contributed by atoms with Gasteiger partial charge in [-0.25, -0.2) is 19.2 Å². The molecule has 0 unspecified atom stereocenters. The first kappa shape index (κ1) is 15.5. The normalized spacial score (nSPS) is 16.3. The van der Waals surface area contributed by atoms with E-state index in [1.165, 1.54) is 0 Å². The highest BCUT2D eigenvalue weighted by Gasteiger charge is 2.22. The van der Waals surface area contributed by atoms with Crippen LogP contribution in [0.5, 0.6) is 0 Å². The van der Waals surface area contributed by atoms with Crippen molar-refractivity contribution >= 4 is 33.4 Å². The van der Waals surface area contributed by atoms with Gasteiger partial charge < -0.3 is 9.80 Å². The van der Waals surface area contributed by atoms with E-state index in [2.05, 4.69) is 34.0 Å². The van der Waals surface area contributed by atoms with Crippen LogP contribution in [0.4, 0.5) is 5.82 Å². The van der Waals surface area contributed by atoms with Crippen LogP contribution in [0.1, 0.15) is 12.6 Å². The van der Waals surface area contributed by atoms with Crippen LogP contribution in [0.25, 0.3) is 27.6 Å². The molecule has 8 heteroatoms. The number of hydrogen-bond donors (Lipinski definition) is 0. The maximum atomic E-state index is 4.95. The maximum Gasteiger partial charge on any atom is 0.159 e. The van der Waals surface area contributed by atoms with Gasteiger partial charge in [0.05, 0.1) is 28.2 Å². The molecule has 0 saturated carbocycles. The summed E-state index contributed by atoms with van der Waals surface area (Å²) in [6.07, 6.45) is 3.83. The monoisotopic (exact) mass is 350 g/mol. The maximum absolute atomic E-state index is 4.95. The van der Waals surface area contributed by atoms with Crippen LogP contribution in [-0.2, 0) is 6.54 Å². The lowest BCUT2D eigenvalue weighted by Crippen LogP contribution is -2.45. The minimum absolute atomic E-state index is 0.791. The number of nitrogens with zero attached hydrogens (tertiary/aromatic N) is 8. The molecule has 0 radical (unpaired) electrons. The second kappa shape index (κ2) is 5.63. The van der Waals surface area contributed by atoms with Crippen molar-refractivity contribution in [2.45, 2.75) is 20.4 Å². The van der Waals surface area contributed by atoms with Gasteiger partial charge in [0.1, 0.15) is 5.82 Å². The zero-order valence-corrected chi connectivity index (χ0v) is 15.3. The fourth-order valence-electron chi connectivity index (χ4n) is 3.80. The molecule has 4 aromatic heterocycles. The molecular weight excluding hydrogens is 328 g/mol. The van der Waals surface area contributed by atoms with Crippen LogP contribution >= 0.6 is 0 Å². The average molecular weight is 350 g/mol. The molecule has 0 aromatic carbocycles. The van der Waals surface area contributed by atoms with E-state index in [-0.39, 0.29) is 0 Å². The Morgan fingerprint density at radius 3 is 2.65 bits per heavy atom. The Bertz CT molecular complexity index is 1120. The summed E-state index contributed by atoms with van der Waals surface area (Å²) in [5.74, 6) is 0.999. The van der Waals surface area contributed by atoms with Gasteiger partial charge in [-0.3, -0.25) is 0 Å². The summed E-state index contributed by atoms with van der Waals surface area (Å²) in [5, 5.41) is 11.2. The molecular formula is C18H22N8. The predicted molar refractivity (Wildman–Crippen MR) is 102 cm³/mol. The average Bonchev–Trinajstić information content (AvgIpc) is 3.23. The third kappa shape index (κ3) is 2.18. The number of likely N-dealkylation sites (N-methyl/N-ethyl adjacent to an activating group) is 1. The fourth-order valence-corrected chi connectivity index (χ4v) is 3.80. The van der Waals surface area contributed by atoms with Crippen molar-refractivity contribution in [3.05, 3.63) is 24.2 Å². The standard InChI is InChI=1S/C18H22N8/c1-4-25-17-14(11-20-25)16-13(10-19-17)18(24-7-5-23(3)6-8-24)21-15-9-12(2)22-26(15)16/h9-11H,4-8H2,1-3H3. The van der Waals surface area contributed by atoms with Gasteiger partial charge in [-0.2, -0.15) is 10.2 Å². The van der Waals surface area contributed by atoms with Crippen LogP contribution in [0.2, 0.25) is 0 Å². The summed E-state index contributed by atoms with van der Waals surface area (Å²) in [5.41, 5.74) is 3.77. The third-order valence-electron chi connectivity index (χ3n) is 5.23. The lowest BCUT2D eigenvalue weighted by molar-refractivity contribution is 0.312. The van der Waals surface area contributed by atoms with Crippen molar-refractivity contribution in [3.63, 3.8) is 0 Å². The molecule has 5 heterocycles. The van der Waals surface area contributed by atoms with E-state index in [1.54, 1.807) is 0 Å². The Balaban J connectivity index is 1.84. The van der Waals surface area contributed by atoms with Gasteiger partial charge in [0.25, 0.3) is 0 Å². The Morgan fingerprint density at radius 2 is 1.88 bits per heavy atom. The van der Waals surface area contributed by atoms with E-state index >= 15 is 0 Å². The number of rotatable bonds is 2. The van der Waals surface area contributed by atoms with Gasteiger partial charge in [0.15, 0.2) is 11.3 Å². The third-order valence-corrected chi connectivity index (χ3v) is 5.23. The topological polar surface area (TPSA) is 67.4 Å². The number of hydrogen-bond acceptors (Lipinski definition) is 6. The highest BCUT2D eigenvalue weighted by Crippen LogP contribution is 2.31. The molecule has 4 aromatic rings. The number of aryl methyl sites for hydroxylation is 2. The molecule has 0 amide bonds. The molecule has 8 nitrogen and oxygen atoms in total. The van der Waals surface area contributed by atoms with E-state index in [0.717, 1.165) is 71.8 Å². The van der Waals surface area contributed by atoms with Crippen molar-refractivity contribution < 1.29 is 0 Å². The summed E-state index contributed by atoms with van der Waals surface area (Å²) in [7, 11) is 2.16. The summed E-state index contributed by atoms with van der Waals surface area (Å²) in [6.45, 7) is 8.88. The van der Waals surface area contributed by atoms with Crippen molar-refractivity contribution in [2.75, 3.05) is 38.1 Å². The number of piperazine rings is 1. The summed E-state index contributed by atoms with van der Waals surface area (Å²) >= 11 is 0. The van der Waals surface area contributed by atoms with Gasteiger partial charge in [-0.15, -0.1) is 0 Å². The van der Waals surface area contributed by atoms with Crippen LogP contribution < -0.4 is 4.90 Å². The lowest BCUT2D eigenvalue weighted by Gasteiger charge is -2.33. The Kier molecular flexibility index (Phi) is 3.36. The Hall–Kier alpha value is -2.74. The van der Waals surface area contributed by atoms with Crippen molar-refractivity contribution in [2.24, 2.45) is 0 Å².